The number of carbonyl (C=O) groups is 1. The van der Waals surface area contributed by atoms with Gasteiger partial charge in [0.1, 0.15) is 0 Å². The van der Waals surface area contributed by atoms with Crippen LogP contribution in [0.2, 0.25) is 0 Å². The zero-order valence-electron chi connectivity index (χ0n) is 19.4. The van der Waals surface area contributed by atoms with Gasteiger partial charge in [-0.25, -0.2) is 8.42 Å². The van der Waals surface area contributed by atoms with Gasteiger partial charge in [-0.3, -0.25) is 10.1 Å². The first-order valence-electron chi connectivity index (χ1n) is 11.2. The lowest BCUT2D eigenvalue weighted by Gasteiger charge is -2.30. The third kappa shape index (κ3) is 5.68. The zero-order valence-corrected chi connectivity index (χ0v) is 21.0. The van der Waals surface area contributed by atoms with Crippen LogP contribution in [0.5, 0.6) is 0 Å². The number of amides is 1. The Morgan fingerprint density at radius 2 is 1.82 bits per heavy atom. The second-order valence-electron chi connectivity index (χ2n) is 8.59. The first-order valence-corrected chi connectivity index (χ1v) is 13.5. The fourth-order valence-corrected chi connectivity index (χ4v) is 6.16. The van der Waals surface area contributed by atoms with E-state index in [-0.39, 0.29) is 35.8 Å². The predicted molar refractivity (Wildman–Crippen MR) is 132 cm³/mol. The van der Waals surface area contributed by atoms with Crippen molar-refractivity contribution in [2.75, 3.05) is 18.4 Å². The number of anilines is 1. The molecule has 1 saturated heterocycles. The van der Waals surface area contributed by atoms with Gasteiger partial charge in [-0.2, -0.15) is 4.31 Å². The third-order valence-corrected chi connectivity index (χ3v) is 8.50. The molecule has 1 aliphatic heterocycles. The fraction of sp³-hybridized carbons (Fsp3) is 0.375. The van der Waals surface area contributed by atoms with E-state index in [4.69, 9.17) is 4.42 Å². The molecule has 180 valence electrons. The lowest BCUT2D eigenvalue weighted by atomic mass is 9.97. The van der Waals surface area contributed by atoms with E-state index in [9.17, 15) is 13.2 Å². The minimum Gasteiger partial charge on any atom is -0.403 e. The summed E-state index contributed by atoms with van der Waals surface area (Å²) in [5, 5.41) is 11.2. The molecule has 2 heterocycles. The van der Waals surface area contributed by atoms with E-state index in [1.807, 2.05) is 31.2 Å². The number of nitrogens with one attached hydrogen (secondary N) is 1. The number of benzene rings is 2. The quantitative estimate of drug-likeness (QED) is 0.473. The lowest BCUT2D eigenvalue weighted by Crippen LogP contribution is -2.41. The molecule has 0 spiro atoms. The van der Waals surface area contributed by atoms with Crippen LogP contribution in [0.4, 0.5) is 6.01 Å². The molecule has 0 atom stereocenters. The van der Waals surface area contributed by atoms with Gasteiger partial charge >= 0.3 is 6.01 Å². The molecule has 0 saturated carbocycles. The van der Waals surface area contributed by atoms with Gasteiger partial charge in [-0.1, -0.05) is 42.7 Å². The average molecular weight is 501 g/mol. The summed E-state index contributed by atoms with van der Waals surface area (Å²) in [4.78, 5) is 14.1. The maximum atomic E-state index is 12.9. The number of sulfonamides is 1. The number of piperidine rings is 1. The summed E-state index contributed by atoms with van der Waals surface area (Å²) in [5.41, 5.74) is 1.79. The molecule has 10 heteroatoms. The van der Waals surface area contributed by atoms with E-state index in [2.05, 4.69) is 29.4 Å². The zero-order chi connectivity index (χ0) is 24.3. The molecule has 0 radical (unpaired) electrons. The van der Waals surface area contributed by atoms with Crippen molar-refractivity contribution in [3.63, 3.8) is 0 Å². The summed E-state index contributed by atoms with van der Waals surface area (Å²) in [6, 6.07) is 14.7. The molecule has 1 N–H and O–H groups in total. The molecule has 2 aromatic carbocycles. The molecular weight excluding hydrogens is 472 g/mol. The summed E-state index contributed by atoms with van der Waals surface area (Å²) in [5.74, 6) is -0.238. The smallest absolute Gasteiger partial charge is 0.322 e. The standard InChI is InChI=1S/C24H28N4O4S2/c1-16(2)33-20-6-4-5-19(15-20)23-26-27-24(32-23)25-22(29)18-11-13-28(14-12-18)34(30,31)21-9-7-17(3)8-10-21/h4-10,15-16,18H,11-14H2,1-3H3,(H,25,27,29). The van der Waals surface area contributed by atoms with Crippen LogP contribution in [0.15, 0.2) is 62.7 Å². The van der Waals surface area contributed by atoms with Gasteiger partial charge in [-0.05, 0) is 50.1 Å². The van der Waals surface area contributed by atoms with Crippen molar-refractivity contribution < 1.29 is 17.6 Å². The minimum atomic E-state index is -3.57. The van der Waals surface area contributed by atoms with Gasteiger partial charge in [0, 0.05) is 34.7 Å². The Bertz CT molecular complexity index is 1250. The SMILES string of the molecule is Cc1ccc(S(=O)(=O)N2CCC(C(=O)Nc3nnc(-c4cccc(SC(C)C)c4)o3)CC2)cc1. The van der Waals surface area contributed by atoms with E-state index >= 15 is 0 Å². The van der Waals surface area contributed by atoms with Crippen LogP contribution in [0.3, 0.4) is 0 Å². The summed E-state index contributed by atoms with van der Waals surface area (Å²) >= 11 is 1.74. The molecule has 34 heavy (non-hydrogen) atoms. The number of hydrogen-bond acceptors (Lipinski definition) is 7. The maximum Gasteiger partial charge on any atom is 0.322 e. The number of thioether (sulfide) groups is 1. The van der Waals surface area contributed by atoms with E-state index in [0.717, 1.165) is 16.0 Å². The van der Waals surface area contributed by atoms with Crippen molar-refractivity contribution in [3.05, 3.63) is 54.1 Å². The second kappa shape index (κ2) is 10.3. The van der Waals surface area contributed by atoms with Gasteiger partial charge in [0.2, 0.25) is 21.8 Å². The van der Waals surface area contributed by atoms with E-state index in [1.54, 1.807) is 36.0 Å². The van der Waals surface area contributed by atoms with Gasteiger partial charge in [0.15, 0.2) is 0 Å². The predicted octanol–water partition coefficient (Wildman–Crippen LogP) is 4.58. The van der Waals surface area contributed by atoms with Crippen molar-refractivity contribution in [3.8, 4) is 11.5 Å². The maximum absolute atomic E-state index is 12.9. The van der Waals surface area contributed by atoms with Crippen LogP contribution in [-0.2, 0) is 14.8 Å². The number of aryl methyl sites for hydroxylation is 1. The van der Waals surface area contributed by atoms with Gasteiger partial charge in [0.25, 0.3) is 0 Å². The molecule has 0 unspecified atom stereocenters. The fourth-order valence-electron chi connectivity index (χ4n) is 3.79. The number of carbonyl (C=O) groups excluding carboxylic acids is 1. The molecular formula is C24H28N4O4S2. The van der Waals surface area contributed by atoms with Crippen LogP contribution in [0.25, 0.3) is 11.5 Å². The molecule has 1 aromatic heterocycles. The molecule has 0 aliphatic carbocycles. The van der Waals surface area contributed by atoms with Crippen LogP contribution >= 0.6 is 11.8 Å². The third-order valence-electron chi connectivity index (χ3n) is 5.59. The number of nitrogens with zero attached hydrogens (tertiary/aromatic N) is 3. The molecule has 1 amide bonds. The van der Waals surface area contributed by atoms with Gasteiger partial charge in [-0.15, -0.1) is 16.9 Å². The summed E-state index contributed by atoms with van der Waals surface area (Å²) in [6.07, 6.45) is 0.846. The molecule has 1 aliphatic rings. The number of rotatable bonds is 7. The Labute approximate surface area is 204 Å². The average Bonchev–Trinajstić information content (AvgIpc) is 3.28. The Morgan fingerprint density at radius 1 is 1.12 bits per heavy atom. The largest absolute Gasteiger partial charge is 0.403 e. The molecule has 1 fully saturated rings. The van der Waals surface area contributed by atoms with Crippen LogP contribution in [-0.4, -0.2) is 47.2 Å². The number of hydrogen-bond donors (Lipinski definition) is 1. The summed E-state index contributed by atoms with van der Waals surface area (Å²) in [7, 11) is -3.57. The van der Waals surface area contributed by atoms with Gasteiger partial charge in [0.05, 0.1) is 4.90 Å². The highest BCUT2D eigenvalue weighted by molar-refractivity contribution is 7.99. The van der Waals surface area contributed by atoms with Gasteiger partial charge < -0.3 is 4.42 Å². The molecule has 4 rings (SSSR count). The van der Waals surface area contributed by atoms with Crippen molar-refractivity contribution in [2.24, 2.45) is 5.92 Å². The normalized spacial score (nSPS) is 15.5. The summed E-state index contributed by atoms with van der Waals surface area (Å²) < 4.78 is 32.9. The Balaban J connectivity index is 1.35. The second-order valence-corrected chi connectivity index (χ2v) is 12.2. The Kier molecular flexibility index (Phi) is 7.39. The lowest BCUT2D eigenvalue weighted by molar-refractivity contribution is -0.121. The van der Waals surface area contributed by atoms with E-state index in [1.165, 1.54) is 4.31 Å². The summed E-state index contributed by atoms with van der Waals surface area (Å²) in [6.45, 7) is 6.73. The molecule has 0 bridgehead atoms. The first-order chi connectivity index (χ1) is 16.2. The van der Waals surface area contributed by atoms with Crippen LogP contribution in [0, 0.1) is 12.8 Å². The van der Waals surface area contributed by atoms with Crippen LogP contribution < -0.4 is 5.32 Å². The molecule has 8 nitrogen and oxygen atoms in total. The first kappa shape index (κ1) is 24.4. The van der Waals surface area contributed by atoms with Crippen molar-refractivity contribution in [1.29, 1.82) is 0 Å². The highest BCUT2D eigenvalue weighted by Gasteiger charge is 2.32. The highest BCUT2D eigenvalue weighted by atomic mass is 32.2. The monoisotopic (exact) mass is 500 g/mol. The topological polar surface area (TPSA) is 105 Å². The Hall–Kier alpha value is -2.69. The van der Waals surface area contributed by atoms with E-state index < -0.39 is 10.0 Å². The minimum absolute atomic E-state index is 0.0385. The van der Waals surface area contributed by atoms with Crippen LogP contribution in [0.1, 0.15) is 32.3 Å². The highest BCUT2D eigenvalue weighted by Crippen LogP contribution is 2.29. The molecule has 3 aromatic rings. The Morgan fingerprint density at radius 3 is 2.50 bits per heavy atom. The van der Waals surface area contributed by atoms with E-state index in [0.29, 0.717) is 24.0 Å². The van der Waals surface area contributed by atoms with Crippen molar-refractivity contribution in [1.82, 2.24) is 14.5 Å². The van der Waals surface area contributed by atoms with Crippen molar-refractivity contribution in [2.45, 2.75) is 48.7 Å². The number of aromatic nitrogens is 2. The van der Waals surface area contributed by atoms with Crippen molar-refractivity contribution >= 4 is 33.7 Å².